The molecular formula is C6H13O2P. The molecule has 0 aromatic rings. The maximum atomic E-state index is 10.2. The summed E-state index contributed by atoms with van der Waals surface area (Å²) >= 11 is 0. The van der Waals surface area contributed by atoms with Crippen molar-refractivity contribution in [2.45, 2.75) is 13.3 Å². The Morgan fingerprint density at radius 1 is 1.78 bits per heavy atom. The van der Waals surface area contributed by atoms with Crippen LogP contribution in [0.15, 0.2) is 12.7 Å². The van der Waals surface area contributed by atoms with Gasteiger partial charge in [-0.25, -0.2) is 4.79 Å². The zero-order valence-electron chi connectivity index (χ0n) is 5.72. The van der Waals surface area contributed by atoms with Gasteiger partial charge in [-0.05, 0) is 6.42 Å². The summed E-state index contributed by atoms with van der Waals surface area (Å²) in [6.45, 7) is 5.67. The van der Waals surface area contributed by atoms with Crippen LogP contribution < -0.4 is 0 Å². The highest BCUT2D eigenvalue weighted by Crippen LogP contribution is 1.81. The van der Waals surface area contributed by atoms with Crippen LogP contribution in [-0.4, -0.2) is 12.6 Å². The molecule has 0 heterocycles. The second-order valence-corrected chi connectivity index (χ2v) is 1.37. The van der Waals surface area contributed by atoms with E-state index in [1.165, 1.54) is 0 Å². The third-order valence-corrected chi connectivity index (χ3v) is 0.615. The first kappa shape index (κ1) is 11.4. The lowest BCUT2D eigenvalue weighted by atomic mass is 10.5. The number of hydrogen-bond donors (Lipinski definition) is 0. The van der Waals surface area contributed by atoms with E-state index in [4.69, 9.17) is 0 Å². The molecule has 1 atom stereocenters. The van der Waals surface area contributed by atoms with E-state index in [2.05, 4.69) is 11.3 Å². The zero-order valence-corrected chi connectivity index (χ0v) is 7.14. The Balaban J connectivity index is 0. The molecule has 0 rings (SSSR count). The van der Waals surface area contributed by atoms with Crippen molar-refractivity contribution in [2.75, 3.05) is 6.61 Å². The number of esters is 1. The van der Waals surface area contributed by atoms with Crippen LogP contribution in [0.2, 0.25) is 0 Å². The van der Waals surface area contributed by atoms with Crippen LogP contribution in [0.25, 0.3) is 0 Å². The van der Waals surface area contributed by atoms with Gasteiger partial charge < -0.3 is 4.74 Å². The third kappa shape index (κ3) is 7.64. The predicted octanol–water partition coefficient (Wildman–Crippen LogP) is 1.18. The van der Waals surface area contributed by atoms with Gasteiger partial charge in [0.05, 0.1) is 6.61 Å². The van der Waals surface area contributed by atoms with Gasteiger partial charge >= 0.3 is 5.97 Å². The van der Waals surface area contributed by atoms with Gasteiger partial charge in [-0.2, -0.15) is 9.90 Å². The Morgan fingerprint density at radius 3 is 2.67 bits per heavy atom. The van der Waals surface area contributed by atoms with Crippen molar-refractivity contribution < 1.29 is 9.53 Å². The first-order chi connectivity index (χ1) is 3.81. The molecule has 0 fully saturated rings. The molecule has 0 saturated carbocycles. The van der Waals surface area contributed by atoms with E-state index in [0.29, 0.717) is 6.61 Å². The molecule has 2 nitrogen and oxygen atoms in total. The Bertz CT molecular complexity index is 91.1. The summed E-state index contributed by atoms with van der Waals surface area (Å²) in [6.07, 6.45) is 2.02. The molecule has 54 valence electrons. The van der Waals surface area contributed by atoms with E-state index in [0.717, 1.165) is 12.5 Å². The van der Waals surface area contributed by atoms with E-state index in [-0.39, 0.29) is 15.9 Å². The molecule has 0 bridgehead atoms. The lowest BCUT2D eigenvalue weighted by Gasteiger charge is -1.94. The van der Waals surface area contributed by atoms with Gasteiger partial charge in [-0.1, -0.05) is 13.5 Å². The molecule has 9 heavy (non-hydrogen) atoms. The van der Waals surface area contributed by atoms with Gasteiger partial charge in [0, 0.05) is 6.08 Å². The minimum Gasteiger partial charge on any atom is -0.463 e. The molecule has 3 heteroatoms. The Kier molecular flexibility index (Phi) is 9.71. The summed E-state index contributed by atoms with van der Waals surface area (Å²) in [5.41, 5.74) is 0. The fourth-order valence-electron chi connectivity index (χ4n) is 0.262. The molecule has 0 saturated heterocycles. The quantitative estimate of drug-likeness (QED) is 0.341. The average molecular weight is 148 g/mol. The van der Waals surface area contributed by atoms with Gasteiger partial charge in [0.1, 0.15) is 0 Å². The van der Waals surface area contributed by atoms with Crippen LogP contribution in [0.3, 0.4) is 0 Å². The number of carbonyl (C=O) groups is 1. The van der Waals surface area contributed by atoms with Crippen molar-refractivity contribution in [3.05, 3.63) is 12.7 Å². The van der Waals surface area contributed by atoms with Crippen molar-refractivity contribution in [1.29, 1.82) is 0 Å². The van der Waals surface area contributed by atoms with E-state index < -0.39 is 0 Å². The van der Waals surface area contributed by atoms with Gasteiger partial charge in [-0.3, -0.25) is 0 Å². The van der Waals surface area contributed by atoms with Gasteiger partial charge in [0.25, 0.3) is 0 Å². The summed E-state index contributed by atoms with van der Waals surface area (Å²) in [5, 5.41) is 0. The standard InChI is InChI=1S/C6H10O2.H3P/c1-3-5-8-6(7)4-2;/h4H,2-3,5H2,1H3;1H3. The van der Waals surface area contributed by atoms with Crippen molar-refractivity contribution in [3.63, 3.8) is 0 Å². The summed E-state index contributed by atoms with van der Waals surface area (Å²) in [7, 11) is 0. The van der Waals surface area contributed by atoms with Crippen LogP contribution in [0, 0.1) is 0 Å². The minimum absolute atomic E-state index is 0. The first-order valence-electron chi connectivity index (χ1n) is 2.60. The molecule has 0 amide bonds. The molecule has 0 aromatic heterocycles. The molecule has 0 N–H and O–H groups in total. The largest absolute Gasteiger partial charge is 0.463 e. The summed E-state index contributed by atoms with van der Waals surface area (Å²) in [4.78, 5) is 10.2. The highest BCUT2D eigenvalue weighted by molar-refractivity contribution is 6.92. The molecule has 0 spiro atoms. The maximum absolute atomic E-state index is 10.2. The molecule has 0 aromatic carbocycles. The van der Waals surface area contributed by atoms with Gasteiger partial charge in [0.2, 0.25) is 0 Å². The van der Waals surface area contributed by atoms with Crippen LogP contribution in [0.5, 0.6) is 0 Å². The summed E-state index contributed by atoms with van der Waals surface area (Å²) in [5.74, 6) is -0.341. The van der Waals surface area contributed by atoms with Crippen LogP contribution >= 0.6 is 9.90 Å². The van der Waals surface area contributed by atoms with E-state index in [9.17, 15) is 4.79 Å². The SMILES string of the molecule is C=CC(=O)OCCC.P. The lowest BCUT2D eigenvalue weighted by molar-refractivity contribution is -0.137. The lowest BCUT2D eigenvalue weighted by Crippen LogP contribution is -1.99. The fourth-order valence-corrected chi connectivity index (χ4v) is 0.262. The molecular weight excluding hydrogens is 135 g/mol. The van der Waals surface area contributed by atoms with Crippen LogP contribution in [-0.2, 0) is 9.53 Å². The summed E-state index contributed by atoms with van der Waals surface area (Å²) in [6, 6.07) is 0. The number of rotatable bonds is 3. The summed E-state index contributed by atoms with van der Waals surface area (Å²) < 4.78 is 4.58. The topological polar surface area (TPSA) is 26.3 Å². The molecule has 0 radical (unpaired) electrons. The monoisotopic (exact) mass is 148 g/mol. The smallest absolute Gasteiger partial charge is 0.330 e. The second kappa shape index (κ2) is 7.64. The maximum Gasteiger partial charge on any atom is 0.330 e. The Hall–Kier alpha value is -0.360. The van der Waals surface area contributed by atoms with E-state index in [1.54, 1.807) is 0 Å². The highest BCUT2D eigenvalue weighted by Gasteiger charge is 1.89. The average Bonchev–Trinajstić information content (AvgIpc) is 1.83. The van der Waals surface area contributed by atoms with Crippen molar-refractivity contribution in [3.8, 4) is 0 Å². The first-order valence-corrected chi connectivity index (χ1v) is 2.60. The molecule has 1 unspecified atom stereocenters. The van der Waals surface area contributed by atoms with E-state index in [1.807, 2.05) is 6.92 Å². The van der Waals surface area contributed by atoms with Crippen LogP contribution in [0.1, 0.15) is 13.3 Å². The zero-order chi connectivity index (χ0) is 6.41. The van der Waals surface area contributed by atoms with Crippen LogP contribution in [0.4, 0.5) is 0 Å². The van der Waals surface area contributed by atoms with Crippen molar-refractivity contribution in [1.82, 2.24) is 0 Å². The Morgan fingerprint density at radius 2 is 2.33 bits per heavy atom. The number of ether oxygens (including phenoxy) is 1. The predicted molar refractivity (Wildman–Crippen MR) is 42.6 cm³/mol. The molecule has 0 aliphatic rings. The number of carbonyl (C=O) groups excluding carboxylic acids is 1. The molecule has 0 aliphatic carbocycles. The molecule has 0 aliphatic heterocycles. The number of hydrogen-bond acceptors (Lipinski definition) is 2. The van der Waals surface area contributed by atoms with Gasteiger partial charge in [0.15, 0.2) is 0 Å². The van der Waals surface area contributed by atoms with Gasteiger partial charge in [-0.15, -0.1) is 0 Å². The second-order valence-electron chi connectivity index (χ2n) is 1.37. The highest BCUT2D eigenvalue weighted by atomic mass is 31.0. The van der Waals surface area contributed by atoms with Crippen molar-refractivity contribution >= 4 is 15.9 Å². The van der Waals surface area contributed by atoms with Crippen molar-refractivity contribution in [2.24, 2.45) is 0 Å². The minimum atomic E-state index is -0.341. The van der Waals surface area contributed by atoms with E-state index >= 15 is 0 Å². The Labute approximate surface area is 58.9 Å². The fraction of sp³-hybridized carbons (Fsp3) is 0.500. The third-order valence-electron chi connectivity index (χ3n) is 0.615. The normalized spacial score (nSPS) is 7.22.